The second-order valence-electron chi connectivity index (χ2n) is 10.8. The third-order valence-corrected chi connectivity index (χ3v) is 6.50. The fourth-order valence-corrected chi connectivity index (χ4v) is 4.66. The van der Waals surface area contributed by atoms with Gasteiger partial charge in [0.25, 0.3) is 0 Å². The molecule has 1 atom stereocenters. The number of nitrogens with one attached hydrogen (secondary N) is 1. The molecule has 0 aliphatic rings. The Kier molecular flexibility index (Phi) is 10.6. The van der Waals surface area contributed by atoms with Gasteiger partial charge in [-0.2, -0.15) is 0 Å². The van der Waals surface area contributed by atoms with Crippen LogP contribution in [0.3, 0.4) is 0 Å². The molecule has 0 radical (unpaired) electrons. The van der Waals surface area contributed by atoms with Crippen LogP contribution in [0.4, 0.5) is 0 Å². The molecule has 4 heteroatoms. The van der Waals surface area contributed by atoms with Crippen LogP contribution in [0.15, 0.2) is 78.9 Å². The topological polar surface area (TPSA) is 50.7 Å². The molecule has 0 aromatic heterocycles. The summed E-state index contributed by atoms with van der Waals surface area (Å²) in [6.07, 6.45) is 4.63. The number of benzene rings is 3. The van der Waals surface area contributed by atoms with Gasteiger partial charge >= 0.3 is 0 Å². The second-order valence-corrected chi connectivity index (χ2v) is 10.8. The van der Waals surface area contributed by atoms with Gasteiger partial charge in [0.05, 0.1) is 13.2 Å². The molecule has 4 nitrogen and oxygen atoms in total. The summed E-state index contributed by atoms with van der Waals surface area (Å²) in [6.45, 7) is 11.9. The average Bonchev–Trinajstić information content (AvgIpc) is 2.89. The highest BCUT2D eigenvalue weighted by molar-refractivity contribution is 5.51. The zero-order valence-corrected chi connectivity index (χ0v) is 23.3. The van der Waals surface area contributed by atoms with Crippen molar-refractivity contribution >= 4 is 0 Å². The van der Waals surface area contributed by atoms with E-state index in [0.717, 1.165) is 42.4 Å². The van der Waals surface area contributed by atoms with E-state index in [2.05, 4.69) is 52.1 Å². The van der Waals surface area contributed by atoms with E-state index in [1.165, 1.54) is 0 Å². The number of ether oxygens (including phenoxy) is 2. The Hall–Kier alpha value is -2.82. The molecule has 0 spiro atoms. The summed E-state index contributed by atoms with van der Waals surface area (Å²) < 4.78 is 12.6. The van der Waals surface area contributed by atoms with Gasteiger partial charge in [0, 0.05) is 22.7 Å². The minimum Gasteiger partial charge on any atom is -0.493 e. The molecule has 0 aliphatic carbocycles. The Morgan fingerprint density at radius 3 is 1.62 bits per heavy atom. The molecule has 37 heavy (non-hydrogen) atoms. The van der Waals surface area contributed by atoms with Gasteiger partial charge in [-0.3, -0.25) is 0 Å². The number of hydrogen-bond donors (Lipinski definition) is 2. The molecule has 0 saturated carbocycles. The predicted octanol–water partition coefficient (Wildman–Crippen LogP) is 7.28. The van der Waals surface area contributed by atoms with Gasteiger partial charge in [-0.05, 0) is 57.7 Å². The molecule has 200 valence electrons. The smallest absolute Gasteiger partial charge is 0.137 e. The van der Waals surface area contributed by atoms with Gasteiger partial charge in [-0.1, -0.05) is 93.4 Å². The van der Waals surface area contributed by atoms with Crippen molar-refractivity contribution in [1.82, 2.24) is 5.32 Å². The summed E-state index contributed by atoms with van der Waals surface area (Å²) in [5, 5.41) is 16.9. The summed E-state index contributed by atoms with van der Waals surface area (Å²) >= 11 is 0. The van der Waals surface area contributed by atoms with Crippen molar-refractivity contribution in [2.45, 2.75) is 83.9 Å². The van der Waals surface area contributed by atoms with Crippen LogP contribution < -0.4 is 14.8 Å². The fraction of sp³-hybridized carbons (Fsp3) is 0.455. The zero-order valence-electron chi connectivity index (χ0n) is 23.3. The van der Waals surface area contributed by atoms with E-state index in [1.807, 2.05) is 66.7 Å². The summed E-state index contributed by atoms with van der Waals surface area (Å²) in [7, 11) is 0. The van der Waals surface area contributed by atoms with Crippen molar-refractivity contribution in [3.05, 3.63) is 95.6 Å². The minimum absolute atomic E-state index is 0.247. The van der Waals surface area contributed by atoms with E-state index >= 15 is 0 Å². The third kappa shape index (κ3) is 7.83. The second kappa shape index (κ2) is 13.6. The Balaban J connectivity index is 2.22. The lowest BCUT2D eigenvalue weighted by Crippen LogP contribution is -2.56. The third-order valence-electron chi connectivity index (χ3n) is 6.50. The van der Waals surface area contributed by atoms with Crippen LogP contribution in [-0.4, -0.2) is 29.9 Å². The Morgan fingerprint density at radius 2 is 1.16 bits per heavy atom. The Bertz CT molecular complexity index is 1020. The predicted molar refractivity (Wildman–Crippen MR) is 154 cm³/mol. The van der Waals surface area contributed by atoms with Crippen LogP contribution in [0.5, 0.6) is 11.5 Å². The summed E-state index contributed by atoms with van der Waals surface area (Å²) in [5.41, 5.74) is 0.972. The molecule has 0 saturated heterocycles. The molecule has 0 amide bonds. The first-order chi connectivity index (χ1) is 17.8. The molecule has 0 heterocycles. The van der Waals surface area contributed by atoms with Crippen molar-refractivity contribution in [1.29, 1.82) is 0 Å². The maximum Gasteiger partial charge on any atom is 0.137 e. The molecular weight excluding hydrogens is 458 g/mol. The lowest BCUT2D eigenvalue weighted by Gasteiger charge is -2.42. The maximum atomic E-state index is 13.1. The first-order valence-electron chi connectivity index (χ1n) is 13.8. The normalized spacial score (nSPS) is 12.8. The molecule has 0 fully saturated rings. The number of aliphatic hydroxyl groups is 1. The lowest BCUT2D eigenvalue weighted by molar-refractivity contribution is 0.0218. The maximum absolute atomic E-state index is 13.1. The summed E-state index contributed by atoms with van der Waals surface area (Å²) in [6, 6.07) is 25.8. The van der Waals surface area contributed by atoms with Gasteiger partial charge in [0.2, 0.25) is 0 Å². The molecule has 2 N–H and O–H groups in total. The van der Waals surface area contributed by atoms with Gasteiger partial charge in [0.15, 0.2) is 0 Å². The van der Waals surface area contributed by atoms with E-state index in [-0.39, 0.29) is 11.6 Å². The standard InChI is InChI=1S/C33H45NO3/c1-6-8-23-36-29-21-15-13-19-27(29)33(35,28-20-14-16-22-30(28)37-24-9-7-2)31(34-32(3,4)5)25-26-17-11-10-12-18-26/h10-22,31,34-35H,6-9,23-25H2,1-5H3. The highest BCUT2D eigenvalue weighted by Crippen LogP contribution is 2.44. The van der Waals surface area contributed by atoms with Crippen molar-refractivity contribution in [2.24, 2.45) is 0 Å². The molecular formula is C33H45NO3. The monoisotopic (exact) mass is 503 g/mol. The fourth-order valence-electron chi connectivity index (χ4n) is 4.66. The van der Waals surface area contributed by atoms with Crippen molar-refractivity contribution < 1.29 is 14.6 Å². The van der Waals surface area contributed by atoms with Crippen molar-refractivity contribution in [2.75, 3.05) is 13.2 Å². The molecule has 0 bridgehead atoms. The van der Waals surface area contributed by atoms with Gasteiger partial charge in [-0.15, -0.1) is 0 Å². The molecule has 0 aliphatic heterocycles. The lowest BCUT2D eigenvalue weighted by atomic mass is 9.76. The summed E-state index contributed by atoms with van der Waals surface area (Å²) in [4.78, 5) is 0. The highest BCUT2D eigenvalue weighted by atomic mass is 16.5. The van der Waals surface area contributed by atoms with E-state index in [4.69, 9.17) is 9.47 Å². The van der Waals surface area contributed by atoms with Crippen LogP contribution in [0.2, 0.25) is 0 Å². The van der Waals surface area contributed by atoms with Crippen LogP contribution in [0.25, 0.3) is 0 Å². The first kappa shape index (κ1) is 28.7. The van der Waals surface area contributed by atoms with Crippen LogP contribution >= 0.6 is 0 Å². The molecule has 3 aromatic carbocycles. The largest absolute Gasteiger partial charge is 0.493 e. The van der Waals surface area contributed by atoms with Gasteiger partial charge in [0.1, 0.15) is 17.1 Å². The first-order valence-corrected chi connectivity index (χ1v) is 13.8. The highest BCUT2D eigenvalue weighted by Gasteiger charge is 2.45. The van der Waals surface area contributed by atoms with Crippen molar-refractivity contribution in [3.63, 3.8) is 0 Å². The number of unbranched alkanes of at least 4 members (excludes halogenated alkanes) is 2. The summed E-state index contributed by atoms with van der Waals surface area (Å²) in [5.74, 6) is 1.41. The van der Waals surface area contributed by atoms with Crippen molar-refractivity contribution in [3.8, 4) is 11.5 Å². The average molecular weight is 504 g/mol. The Labute approximate surface area is 224 Å². The van der Waals surface area contributed by atoms with E-state index in [9.17, 15) is 5.11 Å². The number of rotatable bonds is 14. The van der Waals surface area contributed by atoms with Crippen LogP contribution in [0.1, 0.15) is 77.0 Å². The van der Waals surface area contributed by atoms with E-state index < -0.39 is 5.60 Å². The van der Waals surface area contributed by atoms with E-state index in [1.54, 1.807) is 0 Å². The Morgan fingerprint density at radius 1 is 0.703 bits per heavy atom. The zero-order chi connectivity index (χ0) is 26.7. The molecule has 1 unspecified atom stereocenters. The van der Waals surface area contributed by atoms with E-state index in [0.29, 0.717) is 31.1 Å². The SMILES string of the molecule is CCCCOc1ccccc1C(O)(c1ccccc1OCCCC)C(Cc1ccccc1)NC(C)(C)C. The number of para-hydroxylation sites is 2. The van der Waals surface area contributed by atoms with Crippen LogP contribution in [-0.2, 0) is 12.0 Å². The van der Waals surface area contributed by atoms with Crippen LogP contribution in [0, 0.1) is 0 Å². The molecule has 3 rings (SSSR count). The number of hydrogen-bond acceptors (Lipinski definition) is 4. The molecule has 3 aromatic rings. The van der Waals surface area contributed by atoms with Gasteiger partial charge < -0.3 is 19.9 Å². The van der Waals surface area contributed by atoms with Gasteiger partial charge in [-0.25, -0.2) is 0 Å². The quantitative estimate of drug-likeness (QED) is 0.227. The minimum atomic E-state index is -1.42.